The smallest absolute Gasteiger partial charge is 0.0708 e. The zero-order valence-electron chi connectivity index (χ0n) is 12.9. The highest BCUT2D eigenvalue weighted by Gasteiger charge is 2.40. The Morgan fingerprint density at radius 3 is 2.76 bits per heavy atom. The number of nitrogens with one attached hydrogen (secondary N) is 1. The molecule has 21 heavy (non-hydrogen) atoms. The minimum absolute atomic E-state index is 0.220. The van der Waals surface area contributed by atoms with Crippen molar-refractivity contribution in [2.24, 2.45) is 0 Å². The zero-order chi connectivity index (χ0) is 14.7. The molecule has 0 radical (unpaired) electrons. The molecule has 1 heterocycles. The van der Waals surface area contributed by atoms with Crippen molar-refractivity contribution in [2.45, 2.75) is 69.6 Å². The maximum Gasteiger partial charge on any atom is 0.0708 e. The maximum atomic E-state index is 6.41. The molecule has 1 saturated heterocycles. The van der Waals surface area contributed by atoms with Gasteiger partial charge in [-0.3, -0.25) is 0 Å². The van der Waals surface area contributed by atoms with Crippen LogP contribution in [0.3, 0.4) is 0 Å². The molecule has 2 nitrogen and oxygen atoms in total. The molecular formula is C18H26ClNO. The Balaban J connectivity index is 1.51. The molecule has 1 aromatic rings. The average Bonchev–Trinajstić information content (AvgIpc) is 2.89. The lowest BCUT2D eigenvalue weighted by Crippen LogP contribution is -2.35. The molecule has 1 unspecified atom stereocenters. The number of hydrogen-bond donors (Lipinski definition) is 1. The highest BCUT2D eigenvalue weighted by molar-refractivity contribution is 6.31. The first-order valence-electron chi connectivity index (χ1n) is 8.34. The Morgan fingerprint density at radius 2 is 2.00 bits per heavy atom. The van der Waals surface area contributed by atoms with Crippen LogP contribution < -0.4 is 5.32 Å². The summed E-state index contributed by atoms with van der Waals surface area (Å²) < 4.78 is 6.41. The predicted octanol–water partition coefficient (Wildman–Crippen LogP) is 4.87. The number of halogens is 1. The van der Waals surface area contributed by atoms with E-state index >= 15 is 0 Å². The van der Waals surface area contributed by atoms with E-state index in [4.69, 9.17) is 16.3 Å². The molecule has 116 valence electrons. The van der Waals surface area contributed by atoms with Gasteiger partial charge >= 0.3 is 0 Å². The molecular weight excluding hydrogens is 282 g/mol. The van der Waals surface area contributed by atoms with E-state index in [0.717, 1.165) is 11.6 Å². The minimum Gasteiger partial charge on any atom is -0.370 e. The van der Waals surface area contributed by atoms with Crippen molar-refractivity contribution < 1.29 is 4.74 Å². The fraction of sp³-hybridized carbons (Fsp3) is 0.667. The Morgan fingerprint density at radius 1 is 1.24 bits per heavy atom. The van der Waals surface area contributed by atoms with Gasteiger partial charge in [0.1, 0.15) is 0 Å². The van der Waals surface area contributed by atoms with Crippen molar-refractivity contribution in [1.29, 1.82) is 0 Å². The second-order valence-corrected chi connectivity index (χ2v) is 7.08. The standard InChI is InChI=1S/C18H26ClNO/c1-14(16-7-3-4-8-17(16)19)20-13-15-9-12-18(21-15)10-5-2-6-11-18/h3-4,7-8,14-15,20H,2,5-6,9-13H2,1H3/t14-,15?/m1/s1. The van der Waals surface area contributed by atoms with Gasteiger partial charge in [-0.05, 0) is 44.2 Å². The van der Waals surface area contributed by atoms with Gasteiger partial charge in [0.05, 0.1) is 11.7 Å². The van der Waals surface area contributed by atoms with E-state index in [1.807, 2.05) is 18.2 Å². The summed E-state index contributed by atoms with van der Waals surface area (Å²) in [4.78, 5) is 0. The van der Waals surface area contributed by atoms with Crippen LogP contribution in [-0.2, 0) is 4.74 Å². The van der Waals surface area contributed by atoms with Gasteiger partial charge in [0.2, 0.25) is 0 Å². The zero-order valence-corrected chi connectivity index (χ0v) is 13.7. The van der Waals surface area contributed by atoms with Gasteiger partial charge in [-0.1, -0.05) is 49.1 Å². The molecule has 2 aliphatic rings. The van der Waals surface area contributed by atoms with Gasteiger partial charge in [0, 0.05) is 17.6 Å². The Hall–Kier alpha value is -0.570. The molecule has 3 heteroatoms. The van der Waals surface area contributed by atoms with Crippen LogP contribution in [0, 0.1) is 0 Å². The molecule has 3 rings (SSSR count). The molecule has 1 spiro atoms. The van der Waals surface area contributed by atoms with E-state index in [9.17, 15) is 0 Å². The van der Waals surface area contributed by atoms with Crippen LogP contribution >= 0.6 is 11.6 Å². The number of rotatable bonds is 4. The summed E-state index contributed by atoms with van der Waals surface area (Å²) in [5.41, 5.74) is 1.39. The number of hydrogen-bond acceptors (Lipinski definition) is 2. The summed E-state index contributed by atoms with van der Waals surface area (Å²) >= 11 is 6.26. The Bertz CT molecular complexity index is 470. The molecule has 2 atom stereocenters. The maximum absolute atomic E-state index is 6.41. The van der Waals surface area contributed by atoms with Crippen LogP contribution in [0.2, 0.25) is 5.02 Å². The summed E-state index contributed by atoms with van der Waals surface area (Å²) in [7, 11) is 0. The topological polar surface area (TPSA) is 21.3 Å². The third-order valence-corrected chi connectivity index (χ3v) is 5.47. The van der Waals surface area contributed by atoms with Crippen molar-refractivity contribution in [3.8, 4) is 0 Å². The summed E-state index contributed by atoms with van der Waals surface area (Å²) in [5.74, 6) is 0. The van der Waals surface area contributed by atoms with Gasteiger partial charge in [0.25, 0.3) is 0 Å². The van der Waals surface area contributed by atoms with Gasteiger partial charge in [-0.25, -0.2) is 0 Å². The molecule has 0 aromatic heterocycles. The van der Waals surface area contributed by atoms with Crippen LogP contribution in [0.4, 0.5) is 0 Å². The SMILES string of the molecule is C[C@@H](NCC1CCC2(CCCCC2)O1)c1ccccc1Cl. The monoisotopic (exact) mass is 307 g/mol. The summed E-state index contributed by atoms with van der Waals surface area (Å²) in [6.45, 7) is 3.10. The van der Waals surface area contributed by atoms with Gasteiger partial charge in [0.15, 0.2) is 0 Å². The van der Waals surface area contributed by atoms with Gasteiger partial charge in [-0.2, -0.15) is 0 Å². The lowest BCUT2D eigenvalue weighted by molar-refractivity contribution is -0.0628. The van der Waals surface area contributed by atoms with Crippen LogP contribution in [0.1, 0.15) is 63.5 Å². The lowest BCUT2D eigenvalue weighted by Gasteiger charge is -2.33. The minimum atomic E-state index is 0.220. The van der Waals surface area contributed by atoms with E-state index in [1.54, 1.807) is 0 Å². The largest absolute Gasteiger partial charge is 0.370 e. The van der Waals surface area contributed by atoms with Gasteiger partial charge in [-0.15, -0.1) is 0 Å². The van der Waals surface area contributed by atoms with Crippen LogP contribution in [0.25, 0.3) is 0 Å². The third kappa shape index (κ3) is 3.61. The fourth-order valence-corrected chi connectivity index (χ4v) is 4.15. The first kappa shape index (κ1) is 15.3. The summed E-state index contributed by atoms with van der Waals surface area (Å²) in [6, 6.07) is 8.34. The van der Waals surface area contributed by atoms with Crippen LogP contribution in [-0.4, -0.2) is 18.2 Å². The van der Waals surface area contributed by atoms with Crippen molar-refractivity contribution in [1.82, 2.24) is 5.32 Å². The van der Waals surface area contributed by atoms with Crippen molar-refractivity contribution in [3.63, 3.8) is 0 Å². The summed E-state index contributed by atoms with van der Waals surface area (Å²) in [5, 5.41) is 4.44. The molecule has 0 bridgehead atoms. The number of ether oxygens (including phenoxy) is 1. The third-order valence-electron chi connectivity index (χ3n) is 5.13. The first-order chi connectivity index (χ1) is 10.2. The van der Waals surface area contributed by atoms with E-state index < -0.39 is 0 Å². The second kappa shape index (κ2) is 6.68. The van der Waals surface area contributed by atoms with E-state index in [0.29, 0.717) is 6.10 Å². The normalized spacial score (nSPS) is 26.1. The highest BCUT2D eigenvalue weighted by Crippen LogP contribution is 2.41. The lowest BCUT2D eigenvalue weighted by atomic mass is 9.83. The van der Waals surface area contributed by atoms with Gasteiger partial charge < -0.3 is 10.1 Å². The predicted molar refractivity (Wildman–Crippen MR) is 87.8 cm³/mol. The Labute approximate surface area is 133 Å². The number of benzene rings is 1. The van der Waals surface area contributed by atoms with Crippen molar-refractivity contribution >= 4 is 11.6 Å². The van der Waals surface area contributed by atoms with Crippen molar-refractivity contribution in [3.05, 3.63) is 34.9 Å². The van der Waals surface area contributed by atoms with Crippen LogP contribution in [0.15, 0.2) is 24.3 Å². The molecule has 1 saturated carbocycles. The van der Waals surface area contributed by atoms with Crippen molar-refractivity contribution in [2.75, 3.05) is 6.54 Å². The van der Waals surface area contributed by atoms with E-state index in [1.165, 1.54) is 50.5 Å². The Kier molecular flexibility index (Phi) is 4.88. The van der Waals surface area contributed by atoms with Crippen LogP contribution in [0.5, 0.6) is 0 Å². The van der Waals surface area contributed by atoms with E-state index in [-0.39, 0.29) is 11.6 Å². The summed E-state index contributed by atoms with van der Waals surface area (Å²) in [6.07, 6.45) is 9.42. The second-order valence-electron chi connectivity index (χ2n) is 6.67. The molecule has 1 aromatic carbocycles. The quantitative estimate of drug-likeness (QED) is 0.856. The molecule has 1 aliphatic heterocycles. The average molecular weight is 308 g/mol. The molecule has 1 aliphatic carbocycles. The molecule has 1 N–H and O–H groups in total. The molecule has 2 fully saturated rings. The fourth-order valence-electron chi connectivity index (χ4n) is 3.85. The first-order valence-corrected chi connectivity index (χ1v) is 8.72. The van der Waals surface area contributed by atoms with E-state index in [2.05, 4.69) is 18.3 Å². The molecule has 0 amide bonds. The highest BCUT2D eigenvalue weighted by atomic mass is 35.5.